The first-order chi connectivity index (χ1) is 16.4. The molecule has 0 atom stereocenters. The van der Waals surface area contributed by atoms with Crippen LogP contribution in [0.25, 0.3) is 11.3 Å². The van der Waals surface area contributed by atoms with E-state index in [1.165, 1.54) is 23.3 Å². The summed E-state index contributed by atoms with van der Waals surface area (Å²) in [5, 5.41) is 2.70. The Morgan fingerprint density at radius 2 is 1.85 bits per heavy atom. The number of piperazine rings is 1. The van der Waals surface area contributed by atoms with E-state index in [1.807, 2.05) is 15.9 Å². The number of hydrogen-bond acceptors (Lipinski definition) is 5. The van der Waals surface area contributed by atoms with E-state index in [1.54, 1.807) is 18.3 Å². The molecule has 1 aliphatic rings. The molecule has 7 nitrogen and oxygen atoms in total. The van der Waals surface area contributed by atoms with Crippen molar-refractivity contribution in [2.75, 3.05) is 38.0 Å². The highest BCUT2D eigenvalue weighted by Crippen LogP contribution is 2.23. The van der Waals surface area contributed by atoms with Crippen LogP contribution in [-0.4, -0.2) is 59.3 Å². The highest BCUT2D eigenvalue weighted by Gasteiger charge is 2.23. The summed E-state index contributed by atoms with van der Waals surface area (Å²) in [7, 11) is 0. The van der Waals surface area contributed by atoms with Crippen LogP contribution in [0.1, 0.15) is 23.4 Å². The summed E-state index contributed by atoms with van der Waals surface area (Å²) in [6.45, 7) is 6.67. The lowest BCUT2D eigenvalue weighted by Crippen LogP contribution is -2.50. The van der Waals surface area contributed by atoms with Crippen LogP contribution in [0.5, 0.6) is 0 Å². The molecule has 2 heterocycles. The molecule has 1 fully saturated rings. The van der Waals surface area contributed by atoms with Gasteiger partial charge in [0, 0.05) is 50.3 Å². The Balaban J connectivity index is 1.21. The smallest absolute Gasteiger partial charge is 0.238 e. The predicted octanol–water partition coefficient (Wildman–Crippen LogP) is 3.81. The first-order valence-corrected chi connectivity index (χ1v) is 11.5. The molecule has 34 heavy (non-hydrogen) atoms. The molecule has 0 spiro atoms. The van der Waals surface area contributed by atoms with Crippen molar-refractivity contribution in [2.24, 2.45) is 0 Å². The second-order valence-electron chi connectivity index (χ2n) is 8.63. The van der Waals surface area contributed by atoms with Crippen molar-refractivity contribution < 1.29 is 18.4 Å². The molecule has 8 heteroatoms. The standard InChI is InChI=1S/C26H29FN4O3/c1-18-6-7-20(14-19(18)2)23-16-28-25(34-23)8-9-26(33)31-12-10-30(11-13-31)17-24(32)29-22-5-3-4-21(27)15-22/h3-7,14-16H,8-13,17H2,1-2H3,(H,29,32). The van der Waals surface area contributed by atoms with Crippen molar-refractivity contribution in [3.8, 4) is 11.3 Å². The fourth-order valence-corrected chi connectivity index (χ4v) is 3.95. The van der Waals surface area contributed by atoms with E-state index in [9.17, 15) is 14.0 Å². The summed E-state index contributed by atoms with van der Waals surface area (Å²) in [5.74, 6) is 0.713. The van der Waals surface area contributed by atoms with E-state index in [-0.39, 0.29) is 18.4 Å². The van der Waals surface area contributed by atoms with Gasteiger partial charge in [-0.15, -0.1) is 0 Å². The molecule has 2 amide bonds. The third kappa shape index (κ3) is 6.08. The number of halogens is 1. The van der Waals surface area contributed by atoms with Gasteiger partial charge < -0.3 is 14.6 Å². The summed E-state index contributed by atoms with van der Waals surface area (Å²) < 4.78 is 19.1. The zero-order valence-corrected chi connectivity index (χ0v) is 19.5. The van der Waals surface area contributed by atoms with E-state index in [0.717, 1.165) is 5.56 Å². The fraction of sp³-hybridized carbons (Fsp3) is 0.346. The maximum absolute atomic E-state index is 13.3. The molecule has 1 aliphatic heterocycles. The Hall–Kier alpha value is -3.52. The van der Waals surface area contributed by atoms with E-state index >= 15 is 0 Å². The van der Waals surface area contributed by atoms with Crippen LogP contribution in [0, 0.1) is 19.7 Å². The number of aryl methyl sites for hydroxylation is 3. The minimum absolute atomic E-state index is 0.0507. The first-order valence-electron chi connectivity index (χ1n) is 11.5. The minimum atomic E-state index is -0.392. The van der Waals surface area contributed by atoms with Gasteiger partial charge in [-0.25, -0.2) is 9.37 Å². The molecule has 2 aromatic carbocycles. The zero-order chi connectivity index (χ0) is 24.1. The van der Waals surface area contributed by atoms with Gasteiger partial charge in [0.25, 0.3) is 0 Å². The minimum Gasteiger partial charge on any atom is -0.441 e. The average Bonchev–Trinajstić information content (AvgIpc) is 3.29. The number of rotatable bonds is 7. The molecule has 0 radical (unpaired) electrons. The topological polar surface area (TPSA) is 78.7 Å². The van der Waals surface area contributed by atoms with Gasteiger partial charge in [-0.2, -0.15) is 0 Å². The molecule has 178 valence electrons. The molecule has 0 unspecified atom stereocenters. The highest BCUT2D eigenvalue weighted by molar-refractivity contribution is 5.92. The lowest BCUT2D eigenvalue weighted by atomic mass is 10.1. The molecule has 0 aliphatic carbocycles. The van der Waals surface area contributed by atoms with Crippen molar-refractivity contribution in [3.05, 3.63) is 71.5 Å². The number of anilines is 1. The van der Waals surface area contributed by atoms with Crippen LogP contribution in [0.3, 0.4) is 0 Å². The number of aromatic nitrogens is 1. The summed E-state index contributed by atoms with van der Waals surface area (Å²) >= 11 is 0. The van der Waals surface area contributed by atoms with Gasteiger partial charge in [-0.1, -0.05) is 18.2 Å². The first kappa shape index (κ1) is 23.6. The van der Waals surface area contributed by atoms with Crippen LogP contribution in [0.4, 0.5) is 10.1 Å². The van der Waals surface area contributed by atoms with Gasteiger partial charge in [-0.3, -0.25) is 14.5 Å². The molecular formula is C26H29FN4O3. The van der Waals surface area contributed by atoms with Gasteiger partial charge in [0.1, 0.15) is 5.82 Å². The molecule has 3 aromatic rings. The fourth-order valence-electron chi connectivity index (χ4n) is 3.95. The predicted molar refractivity (Wildman–Crippen MR) is 128 cm³/mol. The quantitative estimate of drug-likeness (QED) is 0.575. The largest absolute Gasteiger partial charge is 0.441 e. The number of amides is 2. The summed E-state index contributed by atoms with van der Waals surface area (Å²) in [5.41, 5.74) is 3.83. The number of carbonyl (C=O) groups excluding carboxylic acids is 2. The van der Waals surface area contributed by atoms with Crippen LogP contribution in [-0.2, 0) is 16.0 Å². The number of benzene rings is 2. The third-order valence-electron chi connectivity index (χ3n) is 6.10. The second kappa shape index (κ2) is 10.6. The summed E-state index contributed by atoms with van der Waals surface area (Å²) in [6.07, 6.45) is 2.48. The van der Waals surface area contributed by atoms with Crippen LogP contribution < -0.4 is 5.32 Å². The SMILES string of the molecule is Cc1ccc(-c2cnc(CCC(=O)N3CCN(CC(=O)Nc4cccc(F)c4)CC3)o2)cc1C. The molecule has 1 saturated heterocycles. The van der Waals surface area contributed by atoms with Gasteiger partial charge in [0.05, 0.1) is 12.7 Å². The monoisotopic (exact) mass is 464 g/mol. The Morgan fingerprint density at radius 1 is 1.06 bits per heavy atom. The second-order valence-corrected chi connectivity index (χ2v) is 8.63. The van der Waals surface area contributed by atoms with E-state index in [0.29, 0.717) is 56.4 Å². The molecule has 1 N–H and O–H groups in total. The molecule has 0 bridgehead atoms. The van der Waals surface area contributed by atoms with Crippen molar-refractivity contribution in [2.45, 2.75) is 26.7 Å². The van der Waals surface area contributed by atoms with Crippen molar-refractivity contribution >= 4 is 17.5 Å². The Morgan fingerprint density at radius 3 is 2.59 bits per heavy atom. The normalized spacial score (nSPS) is 14.3. The highest BCUT2D eigenvalue weighted by atomic mass is 19.1. The molecule has 1 aromatic heterocycles. The summed E-state index contributed by atoms with van der Waals surface area (Å²) in [6, 6.07) is 12.0. The van der Waals surface area contributed by atoms with Crippen LogP contribution in [0.2, 0.25) is 0 Å². The Labute approximate surface area is 198 Å². The zero-order valence-electron chi connectivity index (χ0n) is 19.5. The van der Waals surface area contributed by atoms with Crippen molar-refractivity contribution in [1.82, 2.24) is 14.8 Å². The van der Waals surface area contributed by atoms with Gasteiger partial charge in [0.2, 0.25) is 11.8 Å². The number of nitrogens with zero attached hydrogens (tertiary/aromatic N) is 3. The lowest BCUT2D eigenvalue weighted by molar-refractivity contribution is -0.133. The number of nitrogens with one attached hydrogen (secondary N) is 1. The van der Waals surface area contributed by atoms with Crippen molar-refractivity contribution in [1.29, 1.82) is 0 Å². The number of oxazole rings is 1. The van der Waals surface area contributed by atoms with Gasteiger partial charge in [-0.05, 0) is 49.2 Å². The van der Waals surface area contributed by atoms with Crippen LogP contribution in [0.15, 0.2) is 53.1 Å². The molecular weight excluding hydrogens is 435 g/mol. The molecule has 4 rings (SSSR count). The number of hydrogen-bond donors (Lipinski definition) is 1. The summed E-state index contributed by atoms with van der Waals surface area (Å²) in [4.78, 5) is 33.0. The number of carbonyl (C=O) groups is 2. The average molecular weight is 465 g/mol. The molecule has 0 saturated carbocycles. The Kier molecular flexibility index (Phi) is 7.37. The van der Waals surface area contributed by atoms with Crippen molar-refractivity contribution in [3.63, 3.8) is 0 Å². The van der Waals surface area contributed by atoms with Crippen LogP contribution >= 0.6 is 0 Å². The van der Waals surface area contributed by atoms with Gasteiger partial charge in [0.15, 0.2) is 11.7 Å². The maximum Gasteiger partial charge on any atom is 0.238 e. The van der Waals surface area contributed by atoms with Gasteiger partial charge >= 0.3 is 0 Å². The van der Waals surface area contributed by atoms with E-state index in [2.05, 4.69) is 36.3 Å². The third-order valence-corrected chi connectivity index (χ3v) is 6.10. The Bertz CT molecular complexity index is 1170. The van der Waals surface area contributed by atoms with E-state index < -0.39 is 5.82 Å². The maximum atomic E-state index is 13.3. The van der Waals surface area contributed by atoms with E-state index in [4.69, 9.17) is 4.42 Å². The lowest BCUT2D eigenvalue weighted by Gasteiger charge is -2.34.